The van der Waals surface area contributed by atoms with Crippen LogP contribution in [0, 0.1) is 11.8 Å². The molecule has 1 saturated heterocycles. The zero-order valence-corrected chi connectivity index (χ0v) is 10.5. The number of rotatable bonds is 1. The van der Waals surface area contributed by atoms with Gasteiger partial charge in [-0.25, -0.2) is 0 Å². The second-order valence-corrected chi connectivity index (χ2v) is 5.54. The molecule has 1 aliphatic heterocycles. The Kier molecular flexibility index (Phi) is 3.85. The Labute approximate surface area is 98.6 Å². The van der Waals surface area contributed by atoms with Gasteiger partial charge in [0.25, 0.3) is 0 Å². The summed E-state index contributed by atoms with van der Waals surface area (Å²) in [6.07, 6.45) is 4.68. The maximum atomic E-state index is 12.4. The Morgan fingerprint density at radius 3 is 2.50 bits per heavy atom. The first kappa shape index (κ1) is 11.9. The zero-order chi connectivity index (χ0) is 11.5. The lowest BCUT2D eigenvalue weighted by Gasteiger charge is -2.37. The molecule has 0 radical (unpaired) electrons. The highest BCUT2D eigenvalue weighted by Gasteiger charge is 2.31. The molecular weight excluding hydrogens is 200 g/mol. The summed E-state index contributed by atoms with van der Waals surface area (Å²) in [4.78, 5) is 14.5. The topological polar surface area (TPSA) is 32.3 Å². The standard InChI is InChI=1S/C13H24N2O/c1-10-3-5-12(6-4-10)13(16)15-8-7-14-9-11(15)2/h10-12,14H,3-9H2,1-2H3/t10?,11-,12?/m1/s1. The second-order valence-electron chi connectivity index (χ2n) is 5.54. The average molecular weight is 224 g/mol. The van der Waals surface area contributed by atoms with E-state index in [4.69, 9.17) is 0 Å². The predicted molar refractivity (Wildman–Crippen MR) is 65.2 cm³/mol. The first-order chi connectivity index (χ1) is 7.68. The molecule has 92 valence electrons. The number of carbonyl (C=O) groups excluding carboxylic acids is 1. The van der Waals surface area contributed by atoms with Crippen LogP contribution in [0.15, 0.2) is 0 Å². The predicted octanol–water partition coefficient (Wildman–Crippen LogP) is 1.63. The van der Waals surface area contributed by atoms with Crippen molar-refractivity contribution in [3.05, 3.63) is 0 Å². The van der Waals surface area contributed by atoms with Crippen molar-refractivity contribution in [2.45, 2.75) is 45.6 Å². The molecule has 1 N–H and O–H groups in total. The largest absolute Gasteiger partial charge is 0.337 e. The molecule has 1 amide bonds. The van der Waals surface area contributed by atoms with Crippen LogP contribution >= 0.6 is 0 Å². The second kappa shape index (κ2) is 5.17. The van der Waals surface area contributed by atoms with E-state index in [1.807, 2.05) is 0 Å². The van der Waals surface area contributed by atoms with Gasteiger partial charge in [0, 0.05) is 31.6 Å². The van der Waals surface area contributed by atoms with E-state index in [0.29, 0.717) is 17.9 Å². The summed E-state index contributed by atoms with van der Waals surface area (Å²) in [5.74, 6) is 1.56. The number of amides is 1. The zero-order valence-electron chi connectivity index (χ0n) is 10.5. The monoisotopic (exact) mass is 224 g/mol. The average Bonchev–Trinajstić information content (AvgIpc) is 2.30. The van der Waals surface area contributed by atoms with Gasteiger partial charge in [0.1, 0.15) is 0 Å². The summed E-state index contributed by atoms with van der Waals surface area (Å²) in [5.41, 5.74) is 0. The summed E-state index contributed by atoms with van der Waals surface area (Å²) < 4.78 is 0. The van der Waals surface area contributed by atoms with Crippen molar-refractivity contribution in [1.82, 2.24) is 10.2 Å². The van der Waals surface area contributed by atoms with E-state index in [9.17, 15) is 4.79 Å². The fourth-order valence-corrected chi connectivity index (χ4v) is 2.91. The van der Waals surface area contributed by atoms with Gasteiger partial charge in [-0.15, -0.1) is 0 Å². The number of carbonyl (C=O) groups is 1. The van der Waals surface area contributed by atoms with Crippen LogP contribution in [0.1, 0.15) is 39.5 Å². The molecule has 0 spiro atoms. The number of nitrogens with one attached hydrogen (secondary N) is 1. The summed E-state index contributed by atoms with van der Waals surface area (Å²) in [5, 5.41) is 3.34. The van der Waals surface area contributed by atoms with E-state index < -0.39 is 0 Å². The van der Waals surface area contributed by atoms with Gasteiger partial charge < -0.3 is 10.2 Å². The molecule has 0 aromatic rings. The lowest BCUT2D eigenvalue weighted by atomic mass is 9.82. The molecule has 0 aromatic carbocycles. The molecule has 2 fully saturated rings. The van der Waals surface area contributed by atoms with Crippen LogP contribution in [0.25, 0.3) is 0 Å². The summed E-state index contributed by atoms with van der Waals surface area (Å²) in [7, 11) is 0. The lowest BCUT2D eigenvalue weighted by molar-refractivity contribution is -0.139. The third kappa shape index (κ3) is 2.57. The van der Waals surface area contributed by atoms with Crippen LogP contribution in [0.2, 0.25) is 0 Å². The van der Waals surface area contributed by atoms with Gasteiger partial charge >= 0.3 is 0 Å². The Hall–Kier alpha value is -0.570. The molecule has 3 nitrogen and oxygen atoms in total. The minimum atomic E-state index is 0.316. The molecule has 1 atom stereocenters. The van der Waals surface area contributed by atoms with E-state index in [0.717, 1.165) is 38.4 Å². The van der Waals surface area contributed by atoms with Crippen molar-refractivity contribution in [3.8, 4) is 0 Å². The summed E-state index contributed by atoms with van der Waals surface area (Å²) >= 11 is 0. The Morgan fingerprint density at radius 1 is 1.19 bits per heavy atom. The van der Waals surface area contributed by atoms with Gasteiger partial charge in [0.15, 0.2) is 0 Å². The van der Waals surface area contributed by atoms with Gasteiger partial charge in [-0.1, -0.05) is 6.92 Å². The van der Waals surface area contributed by atoms with Crippen molar-refractivity contribution in [3.63, 3.8) is 0 Å². The minimum absolute atomic E-state index is 0.316. The molecule has 0 unspecified atom stereocenters. The minimum Gasteiger partial charge on any atom is -0.337 e. The maximum absolute atomic E-state index is 12.4. The van der Waals surface area contributed by atoms with Gasteiger partial charge in [-0.3, -0.25) is 4.79 Å². The third-order valence-corrected chi connectivity index (χ3v) is 4.15. The molecule has 1 heterocycles. The molecule has 16 heavy (non-hydrogen) atoms. The van der Waals surface area contributed by atoms with E-state index in [1.54, 1.807) is 0 Å². The summed E-state index contributed by atoms with van der Waals surface area (Å²) in [6, 6.07) is 0.376. The molecule has 2 rings (SSSR count). The fraction of sp³-hybridized carbons (Fsp3) is 0.923. The van der Waals surface area contributed by atoms with Crippen LogP contribution in [0.3, 0.4) is 0 Å². The van der Waals surface area contributed by atoms with Crippen molar-refractivity contribution < 1.29 is 4.79 Å². The summed E-state index contributed by atoms with van der Waals surface area (Å²) in [6.45, 7) is 7.25. The highest BCUT2D eigenvalue weighted by molar-refractivity contribution is 5.79. The first-order valence-corrected chi connectivity index (χ1v) is 6.69. The van der Waals surface area contributed by atoms with Crippen LogP contribution in [-0.4, -0.2) is 36.5 Å². The molecule has 1 aliphatic carbocycles. The smallest absolute Gasteiger partial charge is 0.226 e. The highest BCUT2D eigenvalue weighted by atomic mass is 16.2. The van der Waals surface area contributed by atoms with Gasteiger partial charge in [-0.2, -0.15) is 0 Å². The molecule has 2 aliphatic rings. The van der Waals surface area contributed by atoms with Crippen LogP contribution in [0.5, 0.6) is 0 Å². The van der Waals surface area contributed by atoms with E-state index >= 15 is 0 Å². The lowest BCUT2D eigenvalue weighted by Crippen LogP contribution is -2.54. The van der Waals surface area contributed by atoms with Crippen molar-refractivity contribution in [1.29, 1.82) is 0 Å². The Bertz CT molecular complexity index is 246. The SMILES string of the molecule is CC1CCC(C(=O)N2CCNC[C@H]2C)CC1. The van der Waals surface area contributed by atoms with Crippen LogP contribution in [-0.2, 0) is 4.79 Å². The molecule has 0 aromatic heterocycles. The number of hydrogen-bond donors (Lipinski definition) is 1. The number of nitrogens with zero attached hydrogens (tertiary/aromatic N) is 1. The van der Waals surface area contributed by atoms with Gasteiger partial charge in [0.05, 0.1) is 0 Å². The van der Waals surface area contributed by atoms with E-state index in [2.05, 4.69) is 24.1 Å². The van der Waals surface area contributed by atoms with Crippen LogP contribution in [0.4, 0.5) is 0 Å². The van der Waals surface area contributed by atoms with Crippen molar-refractivity contribution in [2.75, 3.05) is 19.6 Å². The third-order valence-electron chi connectivity index (χ3n) is 4.15. The number of hydrogen-bond acceptors (Lipinski definition) is 2. The quantitative estimate of drug-likeness (QED) is 0.734. The highest BCUT2D eigenvalue weighted by Crippen LogP contribution is 2.30. The molecular formula is C13H24N2O. The molecule has 1 saturated carbocycles. The first-order valence-electron chi connectivity index (χ1n) is 6.69. The van der Waals surface area contributed by atoms with Crippen molar-refractivity contribution in [2.24, 2.45) is 11.8 Å². The number of piperazine rings is 1. The van der Waals surface area contributed by atoms with Crippen LogP contribution < -0.4 is 5.32 Å². The maximum Gasteiger partial charge on any atom is 0.226 e. The van der Waals surface area contributed by atoms with E-state index in [1.165, 1.54) is 12.8 Å². The Balaban J connectivity index is 1.90. The fourth-order valence-electron chi connectivity index (χ4n) is 2.91. The van der Waals surface area contributed by atoms with Crippen molar-refractivity contribution >= 4 is 5.91 Å². The normalized spacial score (nSPS) is 36.1. The van der Waals surface area contributed by atoms with E-state index in [-0.39, 0.29) is 0 Å². The Morgan fingerprint density at radius 2 is 1.88 bits per heavy atom. The molecule has 0 bridgehead atoms. The molecule has 3 heteroatoms. The van der Waals surface area contributed by atoms with Gasteiger partial charge in [-0.05, 0) is 38.5 Å². The van der Waals surface area contributed by atoms with Gasteiger partial charge in [0.2, 0.25) is 5.91 Å².